The molecule has 8 heterocycles. The maximum Gasteiger partial charge on any atom is 0.248 e. The molecule has 15 bridgehead atoms. The minimum absolute atomic E-state index is 0.0321. The van der Waals surface area contributed by atoms with E-state index in [9.17, 15) is 55.2 Å². The Morgan fingerprint density at radius 2 is 1.50 bits per heavy atom. The number of likely N-dealkylation sites (N-methyl/N-ethyl adjacent to an activating group) is 1. The molecule has 3 fully saturated rings. The van der Waals surface area contributed by atoms with E-state index in [-0.39, 0.29) is 107 Å². The lowest BCUT2D eigenvalue weighted by Crippen LogP contribution is -2.63. The Morgan fingerprint density at radius 3 is 2.20 bits per heavy atom. The first-order valence-electron chi connectivity index (χ1n) is 40.8. The number of allylic oxidation sites excluding steroid dienone is 9. The summed E-state index contributed by atoms with van der Waals surface area (Å²) in [6.45, 7) is 9.05. The molecule has 3 aromatic carbocycles. The fraction of sp³-hybridized carbons (Fsp3) is 0.494. The molecule has 12 aliphatic rings. The zero-order chi connectivity index (χ0) is 88.6. The number of hydrogen-bond acceptors (Lipinski definition) is 25. The standard InChI is InChI=1S/C85H104Cl3N13O22/c1-34(2)24-51(92-7)77(112)100-67-70(107)41-12-19-54(49(87)27-41)119-56-28-42-29-57(73(56)123-83-74-62(72(109)58(33-102)121-83)46-25-38(8-15-45(46)39-9-13-43(86)14-10-39)32-95-85(6)31-60(122-74)118-37(5)75(85)110)120-55-20-16-44(35(3)63(55)88)71(108)68-82(117)99-66(78(113)93-22-23-94-84(90)91)48-30-53(104)36(4)69(106)61(48)47-26-40(11-18-52(47)103)64(79(114)101-68)98-80(115)65(42)97-76(111)50(96-81(67)116)17-21-59(89)105/h8-11,13-16,18,20,25,27-30,34-37,47,50-51,53,58,60,62-68,70-72,74-75,83,92,95,102-104,106-110H,12,17,19,21-24,26,31-33H2,1-7H3,(H2,89,105)(H,93,113)(H,96,116)(H,97,111)(H,98,115)(H,99,117)(H,100,112)(H,101,114)(H4,90,91,94)/t35?,36?,37?,47?,50-,51+,53?,58?,60-,62-,63?,64+,65+,66-,67+,68-,70+,71+,72?,74?,75+,83+,85?/m0/s1. The van der Waals surface area contributed by atoms with Gasteiger partial charge in [-0.2, -0.15) is 0 Å². The van der Waals surface area contributed by atoms with Gasteiger partial charge in [-0.1, -0.05) is 93.4 Å². The predicted octanol–water partition coefficient (Wildman–Crippen LogP) is 1.76. The number of halogens is 3. The number of rotatable bonds is 16. The van der Waals surface area contributed by atoms with Gasteiger partial charge >= 0.3 is 0 Å². The summed E-state index contributed by atoms with van der Waals surface area (Å²) in [5.41, 5.74) is 17.3. The summed E-state index contributed by atoms with van der Waals surface area (Å²) in [5.74, 6) is -17.3. The second kappa shape index (κ2) is 37.9. The molecule has 3 aromatic rings. The van der Waals surface area contributed by atoms with Crippen molar-refractivity contribution in [3.63, 3.8) is 0 Å². The normalized spacial score (nSPS) is 32.5. The molecule has 38 heteroatoms. The van der Waals surface area contributed by atoms with E-state index in [2.05, 4.69) is 52.8 Å². The summed E-state index contributed by atoms with van der Waals surface area (Å²) >= 11 is 21.6. The lowest BCUT2D eigenvalue weighted by atomic mass is 9.73. The number of carbonyl (C=O) groups excluding carboxylic acids is 8. The van der Waals surface area contributed by atoms with E-state index >= 15 is 24.0 Å². The molecule has 0 radical (unpaired) electrons. The molecule has 23 N–H and O–H groups in total. The molecule has 23 atom stereocenters. The second-order valence-electron chi connectivity index (χ2n) is 33.2. The number of nitrogens with two attached hydrogens (primary N) is 3. The molecule has 662 valence electrons. The minimum Gasteiger partial charge on any atom is -0.512 e. The van der Waals surface area contributed by atoms with Gasteiger partial charge in [0.2, 0.25) is 59.3 Å². The van der Waals surface area contributed by atoms with Crippen molar-refractivity contribution in [3.8, 4) is 28.4 Å². The van der Waals surface area contributed by atoms with Crippen LogP contribution < -0.4 is 79.3 Å². The SMILES string of the molecule is CN[C@H](CC(C)C)C(=O)N[C@H]1C(=O)N[C@@H](CCC(N)=O)C(=O)N[C@H]2C(=O)N[C@H]3C(=O)N[C@H](C(=O)N[C@H](C(=O)NCCN=C(N)N)C4=CC(O)C(C)C(O)=C4C4CC3=CC=C4O)[C@H](O)C3=CC=C(Oc4cc2cc(c4O[C@H]2OC(CO)C(O)[C@@H]4c5cc(ccc5-c5ccc(Cl)cc5)CNC5(C)C[C@H](OC24)OC(C)[C@H]5O)OC2=C(Cl)C=C(CC2)[C@H]1O)C(Cl)C3C. The Bertz CT molecular complexity index is 4950. The van der Waals surface area contributed by atoms with Gasteiger partial charge in [0.25, 0.3) is 0 Å². The van der Waals surface area contributed by atoms with Gasteiger partial charge in [0, 0.05) is 72.2 Å². The molecule has 8 aliphatic heterocycles. The molecule has 3 saturated heterocycles. The van der Waals surface area contributed by atoms with Gasteiger partial charge in [0.15, 0.2) is 23.7 Å². The summed E-state index contributed by atoms with van der Waals surface area (Å²) in [6.07, 6.45) is -9.99. The van der Waals surface area contributed by atoms with E-state index < -0.39 is 240 Å². The lowest BCUT2D eigenvalue weighted by Gasteiger charge is -2.49. The number of fused-ring (bicyclic) bond motifs is 21. The Hall–Kier alpha value is -9.96. The van der Waals surface area contributed by atoms with Gasteiger partial charge in [-0.25, -0.2) is 0 Å². The number of guanidine groups is 1. The number of amides is 8. The third-order valence-corrected chi connectivity index (χ3v) is 25.4. The summed E-state index contributed by atoms with van der Waals surface area (Å²) < 4.78 is 42.0. The number of carbonyl (C=O) groups is 8. The molecular weight excluding hydrogens is 1660 g/mol. The number of alkyl halides is 1. The van der Waals surface area contributed by atoms with Crippen molar-refractivity contribution in [1.29, 1.82) is 0 Å². The number of ether oxygens (including phenoxy) is 6. The van der Waals surface area contributed by atoms with Crippen LogP contribution in [0, 0.1) is 23.7 Å². The highest BCUT2D eigenvalue weighted by atomic mass is 35.5. The van der Waals surface area contributed by atoms with Crippen LogP contribution in [0.3, 0.4) is 0 Å². The number of aliphatic hydroxyl groups is 8. The minimum atomic E-state index is -2.26. The van der Waals surface area contributed by atoms with Gasteiger partial charge in [-0.3, -0.25) is 43.3 Å². The lowest BCUT2D eigenvalue weighted by molar-refractivity contribution is -0.317. The summed E-state index contributed by atoms with van der Waals surface area (Å²) in [4.78, 5) is 126. The molecule has 8 amide bonds. The number of hydrogen-bond donors (Lipinski definition) is 20. The van der Waals surface area contributed by atoms with Crippen molar-refractivity contribution >= 4 is 88.0 Å². The molecule has 35 nitrogen and oxygen atoms in total. The van der Waals surface area contributed by atoms with Gasteiger partial charge in [-0.05, 0) is 151 Å². The highest BCUT2D eigenvalue weighted by Crippen LogP contribution is 2.51. The van der Waals surface area contributed by atoms with Gasteiger partial charge < -0.3 is 134 Å². The number of benzene rings is 3. The Kier molecular flexibility index (Phi) is 27.9. The molecule has 10 unspecified atom stereocenters. The van der Waals surface area contributed by atoms with Crippen molar-refractivity contribution in [2.75, 3.05) is 26.7 Å². The first-order chi connectivity index (χ1) is 58.4. The number of primary amides is 1. The quantitative estimate of drug-likeness (QED) is 0.0420. The van der Waals surface area contributed by atoms with Crippen LogP contribution in [0.25, 0.3) is 11.1 Å². The summed E-state index contributed by atoms with van der Waals surface area (Å²) in [5, 5.41) is 122. The van der Waals surface area contributed by atoms with E-state index in [4.69, 9.17) is 80.4 Å². The van der Waals surface area contributed by atoms with Crippen LogP contribution in [0.5, 0.6) is 17.2 Å². The average Bonchev–Trinajstić information content (AvgIpc) is 1.58. The van der Waals surface area contributed by atoms with Gasteiger partial charge in [-0.15, -0.1) is 11.6 Å². The predicted molar refractivity (Wildman–Crippen MR) is 447 cm³/mol. The number of nitrogens with zero attached hydrogens (tertiary/aromatic N) is 1. The van der Waals surface area contributed by atoms with E-state index in [1.807, 2.05) is 39.0 Å². The van der Waals surface area contributed by atoms with E-state index in [1.54, 1.807) is 38.1 Å². The van der Waals surface area contributed by atoms with Crippen LogP contribution in [0.2, 0.25) is 5.02 Å². The Labute approximate surface area is 723 Å². The molecule has 123 heavy (non-hydrogen) atoms. The molecule has 0 aromatic heterocycles. The third kappa shape index (κ3) is 19.3. The Morgan fingerprint density at radius 1 is 0.789 bits per heavy atom. The fourth-order valence-electron chi connectivity index (χ4n) is 17.4. The van der Waals surface area contributed by atoms with Crippen LogP contribution in [-0.4, -0.2) is 229 Å². The van der Waals surface area contributed by atoms with Crippen LogP contribution >= 0.6 is 34.8 Å². The van der Waals surface area contributed by atoms with E-state index in [1.165, 1.54) is 56.5 Å². The highest BCUT2D eigenvalue weighted by Gasteiger charge is 2.55. The summed E-state index contributed by atoms with van der Waals surface area (Å²) in [6, 6.07) is 1.61. The maximum absolute atomic E-state index is 16.7. The first-order valence-corrected chi connectivity index (χ1v) is 42.0. The van der Waals surface area contributed by atoms with Gasteiger partial charge in [0.1, 0.15) is 83.7 Å². The number of nitrogens with one attached hydrogen (secondary N) is 9. The molecule has 15 rings (SSSR count). The van der Waals surface area contributed by atoms with E-state index in [0.29, 0.717) is 27.3 Å². The van der Waals surface area contributed by atoms with Crippen LogP contribution in [0.4, 0.5) is 0 Å². The Balaban J connectivity index is 1.06. The number of aliphatic imine (C=N–C) groups is 1. The van der Waals surface area contributed by atoms with Gasteiger partial charge in [0.05, 0.1) is 54.0 Å². The molecule has 0 spiro atoms. The van der Waals surface area contributed by atoms with Crippen LogP contribution in [0.15, 0.2) is 152 Å². The average molecular weight is 1770 g/mol. The monoisotopic (exact) mass is 1760 g/mol. The topological polar surface area (TPSA) is 552 Å². The number of aliphatic hydroxyl groups excluding tert-OH is 8. The smallest absolute Gasteiger partial charge is 0.248 e. The highest BCUT2D eigenvalue weighted by molar-refractivity contribution is 6.31. The fourth-order valence-corrected chi connectivity index (χ4v) is 18.0. The second-order valence-corrected chi connectivity index (χ2v) is 34.5. The molecule has 0 saturated carbocycles. The zero-order valence-electron chi connectivity index (χ0n) is 68.3. The van der Waals surface area contributed by atoms with Crippen molar-refractivity contribution in [3.05, 3.63) is 169 Å². The first kappa shape index (κ1) is 90.8. The van der Waals surface area contributed by atoms with Crippen molar-refractivity contribution in [2.24, 2.45) is 45.9 Å². The summed E-state index contributed by atoms with van der Waals surface area (Å²) in [7, 11) is 1.52. The van der Waals surface area contributed by atoms with Crippen LogP contribution in [0.1, 0.15) is 115 Å². The van der Waals surface area contributed by atoms with Crippen molar-refractivity contribution in [1.82, 2.24) is 47.9 Å². The molecular formula is C85H104Cl3N13O22. The third-order valence-electron chi connectivity index (χ3n) is 24.2. The maximum atomic E-state index is 16.7. The van der Waals surface area contributed by atoms with Crippen molar-refractivity contribution < 1.29 is 108 Å². The van der Waals surface area contributed by atoms with Crippen molar-refractivity contribution in [2.45, 2.75) is 214 Å². The van der Waals surface area contributed by atoms with E-state index in [0.717, 1.165) is 6.08 Å². The molecule has 4 aliphatic carbocycles. The largest absolute Gasteiger partial charge is 0.512 e. The zero-order valence-corrected chi connectivity index (χ0v) is 70.6. The van der Waals surface area contributed by atoms with Crippen LogP contribution in [-0.2, 0) is 59.1 Å².